The van der Waals surface area contributed by atoms with Crippen LogP contribution in [0.25, 0.3) is 0 Å². The van der Waals surface area contributed by atoms with E-state index in [4.69, 9.17) is 5.26 Å². The van der Waals surface area contributed by atoms with Crippen molar-refractivity contribution in [3.63, 3.8) is 0 Å². The smallest absolute Gasteiger partial charge is 0.298 e. The van der Waals surface area contributed by atoms with Crippen LogP contribution in [0.5, 0.6) is 0 Å². The fourth-order valence-electron chi connectivity index (χ4n) is 2.47. The van der Waals surface area contributed by atoms with E-state index >= 15 is 0 Å². The lowest BCUT2D eigenvalue weighted by atomic mass is 9.96. The molecule has 1 aromatic rings. The minimum absolute atomic E-state index is 0.0310. The second-order valence-corrected chi connectivity index (χ2v) is 4.88. The summed E-state index contributed by atoms with van der Waals surface area (Å²) in [4.78, 5) is 1.79. The van der Waals surface area contributed by atoms with E-state index in [1.807, 2.05) is 0 Å². The molecule has 0 amide bonds. The van der Waals surface area contributed by atoms with E-state index in [0.717, 1.165) is 5.56 Å². The lowest BCUT2D eigenvalue weighted by Crippen LogP contribution is -2.41. The highest BCUT2D eigenvalue weighted by Crippen LogP contribution is 2.33. The van der Waals surface area contributed by atoms with Gasteiger partial charge in [0.1, 0.15) is 0 Å². The van der Waals surface area contributed by atoms with Crippen molar-refractivity contribution in [3.05, 3.63) is 35.4 Å². The molecule has 5 heteroatoms. The Morgan fingerprint density at radius 3 is 2.74 bits per heavy atom. The SMILES string of the molecule is N#Cc1ccccc1CN1CCCC(C(F)(F)F)C1. The molecule has 19 heavy (non-hydrogen) atoms. The standard InChI is InChI=1S/C14H15F3N2/c15-14(16,17)13-6-3-7-19(10-13)9-12-5-2-1-4-11(12)8-18/h1-2,4-5,13H,3,6-7,9-10H2. The highest BCUT2D eigenvalue weighted by Gasteiger charge is 2.41. The molecule has 1 heterocycles. The molecular formula is C14H15F3N2. The zero-order chi connectivity index (χ0) is 13.9. The maximum Gasteiger partial charge on any atom is 0.393 e. The number of piperidine rings is 1. The zero-order valence-corrected chi connectivity index (χ0v) is 10.5. The van der Waals surface area contributed by atoms with Crippen LogP contribution in [0, 0.1) is 17.2 Å². The monoisotopic (exact) mass is 268 g/mol. The van der Waals surface area contributed by atoms with E-state index in [0.29, 0.717) is 25.1 Å². The molecule has 1 unspecified atom stereocenters. The lowest BCUT2D eigenvalue weighted by Gasteiger charge is -2.33. The van der Waals surface area contributed by atoms with Gasteiger partial charge in [0.25, 0.3) is 0 Å². The van der Waals surface area contributed by atoms with Crippen molar-refractivity contribution < 1.29 is 13.2 Å². The molecule has 1 atom stereocenters. The number of benzene rings is 1. The predicted octanol–water partition coefficient (Wildman–Crippen LogP) is 3.33. The summed E-state index contributed by atoms with van der Waals surface area (Å²) in [5, 5.41) is 8.98. The lowest BCUT2D eigenvalue weighted by molar-refractivity contribution is -0.187. The van der Waals surface area contributed by atoms with Gasteiger partial charge in [0.15, 0.2) is 0 Å². The van der Waals surface area contributed by atoms with Gasteiger partial charge >= 0.3 is 6.18 Å². The molecule has 2 rings (SSSR count). The summed E-state index contributed by atoms with van der Waals surface area (Å²) >= 11 is 0. The molecule has 1 aliphatic heterocycles. The summed E-state index contributed by atoms with van der Waals surface area (Å²) in [5.41, 5.74) is 1.34. The average Bonchev–Trinajstić information content (AvgIpc) is 2.39. The first kappa shape index (κ1) is 13.9. The van der Waals surface area contributed by atoms with E-state index in [-0.39, 0.29) is 13.0 Å². The Kier molecular flexibility index (Phi) is 4.11. The van der Waals surface area contributed by atoms with E-state index in [1.165, 1.54) is 0 Å². The second kappa shape index (κ2) is 5.62. The molecule has 0 N–H and O–H groups in total. The highest BCUT2D eigenvalue weighted by molar-refractivity contribution is 5.37. The van der Waals surface area contributed by atoms with Crippen LogP contribution in [0.3, 0.4) is 0 Å². The van der Waals surface area contributed by atoms with Gasteiger partial charge in [0.05, 0.1) is 17.6 Å². The molecule has 1 fully saturated rings. The van der Waals surface area contributed by atoms with Crippen LogP contribution >= 0.6 is 0 Å². The number of alkyl halides is 3. The number of nitrogens with zero attached hydrogens (tertiary/aromatic N) is 2. The second-order valence-electron chi connectivity index (χ2n) is 4.88. The van der Waals surface area contributed by atoms with Gasteiger partial charge in [-0.25, -0.2) is 0 Å². The Balaban J connectivity index is 2.05. The van der Waals surface area contributed by atoms with Crippen LogP contribution < -0.4 is 0 Å². The molecule has 0 radical (unpaired) electrons. The maximum atomic E-state index is 12.7. The number of nitriles is 1. The normalized spacial score (nSPS) is 21.1. The van der Waals surface area contributed by atoms with Crippen LogP contribution in [0.15, 0.2) is 24.3 Å². The van der Waals surface area contributed by atoms with Gasteiger partial charge in [-0.2, -0.15) is 18.4 Å². The summed E-state index contributed by atoms with van der Waals surface area (Å²) in [6.07, 6.45) is -3.35. The van der Waals surface area contributed by atoms with Crippen molar-refractivity contribution in [1.29, 1.82) is 5.26 Å². The van der Waals surface area contributed by atoms with Crippen LogP contribution in [0.1, 0.15) is 24.0 Å². The van der Waals surface area contributed by atoms with Crippen molar-refractivity contribution in [3.8, 4) is 6.07 Å². The molecule has 2 nitrogen and oxygen atoms in total. The summed E-state index contributed by atoms with van der Waals surface area (Å²) in [6.45, 7) is 1.10. The van der Waals surface area contributed by atoms with Gasteiger partial charge in [-0.15, -0.1) is 0 Å². The third-order valence-corrected chi connectivity index (χ3v) is 3.50. The van der Waals surface area contributed by atoms with Gasteiger partial charge in [0, 0.05) is 13.1 Å². The number of halogens is 3. The number of hydrogen-bond acceptors (Lipinski definition) is 2. The number of hydrogen-bond donors (Lipinski definition) is 0. The van der Waals surface area contributed by atoms with Gasteiger partial charge in [-0.3, -0.25) is 4.90 Å². The van der Waals surface area contributed by atoms with E-state index in [2.05, 4.69) is 6.07 Å². The largest absolute Gasteiger partial charge is 0.393 e. The third kappa shape index (κ3) is 3.48. The topological polar surface area (TPSA) is 27.0 Å². The Morgan fingerprint density at radius 2 is 2.05 bits per heavy atom. The third-order valence-electron chi connectivity index (χ3n) is 3.50. The number of likely N-dealkylation sites (tertiary alicyclic amines) is 1. The highest BCUT2D eigenvalue weighted by atomic mass is 19.4. The summed E-state index contributed by atoms with van der Waals surface area (Å²) in [6, 6.07) is 9.14. The average molecular weight is 268 g/mol. The molecule has 0 spiro atoms. The first-order chi connectivity index (χ1) is 9.00. The Labute approximate surface area is 110 Å². The molecule has 0 bridgehead atoms. The summed E-state index contributed by atoms with van der Waals surface area (Å²) in [7, 11) is 0. The summed E-state index contributed by atoms with van der Waals surface area (Å²) in [5.74, 6) is -1.24. The van der Waals surface area contributed by atoms with Crippen molar-refractivity contribution in [2.75, 3.05) is 13.1 Å². The molecule has 1 aliphatic rings. The van der Waals surface area contributed by atoms with Gasteiger partial charge in [-0.05, 0) is 31.0 Å². The van der Waals surface area contributed by atoms with Crippen LogP contribution in [-0.2, 0) is 6.54 Å². The predicted molar refractivity (Wildman–Crippen MR) is 65.2 cm³/mol. The zero-order valence-electron chi connectivity index (χ0n) is 10.5. The first-order valence-electron chi connectivity index (χ1n) is 6.28. The van der Waals surface area contributed by atoms with E-state index in [1.54, 1.807) is 29.2 Å². The fourth-order valence-corrected chi connectivity index (χ4v) is 2.47. The van der Waals surface area contributed by atoms with Gasteiger partial charge in [0.2, 0.25) is 0 Å². The van der Waals surface area contributed by atoms with E-state index in [9.17, 15) is 13.2 Å². The maximum absolute atomic E-state index is 12.7. The quantitative estimate of drug-likeness (QED) is 0.822. The van der Waals surface area contributed by atoms with E-state index < -0.39 is 12.1 Å². The van der Waals surface area contributed by atoms with Crippen LogP contribution in [0.4, 0.5) is 13.2 Å². The first-order valence-corrected chi connectivity index (χ1v) is 6.28. The van der Waals surface area contributed by atoms with Crippen molar-refractivity contribution in [1.82, 2.24) is 4.90 Å². The van der Waals surface area contributed by atoms with Crippen molar-refractivity contribution in [2.24, 2.45) is 5.92 Å². The summed E-state index contributed by atoms with van der Waals surface area (Å²) < 4.78 is 38.2. The molecular weight excluding hydrogens is 253 g/mol. The van der Waals surface area contributed by atoms with Gasteiger partial charge in [-0.1, -0.05) is 18.2 Å². The van der Waals surface area contributed by atoms with Crippen molar-refractivity contribution >= 4 is 0 Å². The molecule has 0 saturated carbocycles. The van der Waals surface area contributed by atoms with Gasteiger partial charge < -0.3 is 0 Å². The van der Waals surface area contributed by atoms with Crippen molar-refractivity contribution in [2.45, 2.75) is 25.6 Å². The minimum Gasteiger partial charge on any atom is -0.298 e. The molecule has 102 valence electrons. The molecule has 0 aromatic heterocycles. The Bertz CT molecular complexity index is 476. The Hall–Kier alpha value is -1.54. The Morgan fingerprint density at radius 1 is 1.32 bits per heavy atom. The molecule has 1 aromatic carbocycles. The minimum atomic E-state index is -4.12. The number of rotatable bonds is 2. The van der Waals surface area contributed by atoms with Crippen LogP contribution in [-0.4, -0.2) is 24.2 Å². The molecule has 1 saturated heterocycles. The fraction of sp³-hybridized carbons (Fsp3) is 0.500. The molecule has 0 aliphatic carbocycles. The van der Waals surface area contributed by atoms with Crippen LogP contribution in [0.2, 0.25) is 0 Å².